The molecule has 0 bridgehead atoms. The largest absolute Gasteiger partial charge is 0.354 e. The summed E-state index contributed by atoms with van der Waals surface area (Å²) in [6.45, 7) is 0. The number of fused-ring (bicyclic) bond motifs is 8. The molecule has 16 rings (SSSR count). The predicted octanol–water partition coefficient (Wildman–Crippen LogP) is 20.2. The molecule has 2 N–H and O–H groups in total. The highest BCUT2D eigenvalue weighted by Crippen LogP contribution is 2.59. The first-order valence-electron chi connectivity index (χ1n) is 27.8. The highest BCUT2D eigenvalue weighted by molar-refractivity contribution is 6.26. The van der Waals surface area contributed by atoms with Crippen LogP contribution in [0.25, 0.3) is 76.5 Å². The van der Waals surface area contributed by atoms with Gasteiger partial charge in [-0.15, -0.1) is 0 Å². The third kappa shape index (κ3) is 6.60. The second-order valence-electron chi connectivity index (χ2n) is 21.5. The molecule has 80 heavy (non-hydrogen) atoms. The van der Waals surface area contributed by atoms with Crippen LogP contribution >= 0.6 is 0 Å². The van der Waals surface area contributed by atoms with E-state index in [0.717, 1.165) is 45.0 Å². The van der Waals surface area contributed by atoms with E-state index in [4.69, 9.17) is 0 Å². The SMILES string of the molecule is c1ccc(C2(c3ccccc3)c3ccccc3Nc3c(-c4cccc5c(-c6c7ccccc7cc7ccccc67)c6cccc(-c7cccc8c7Nc7ccccc7C8(c7ccccc7)c7ccccc7)c6cc45)cccc32)cc1. The standard InChI is InChI=1S/C78H52N2/c1-5-27-53(28-6-1)77(54-29-7-2-8-30-54)67-43-17-19-47-71(67)79-75-63(41-23-45-69(75)77)59-37-21-39-61-65(59)50-66-60(38-22-40-62(66)74(61)73-57-35-15-13-25-51(57)49-52-26-14-16-36-58(52)73)64-42-24-46-70-76(64)80-72-48-20-18-44-68(72)78(70,55-31-9-3-10-32-55)56-33-11-4-12-34-56/h1-50,79-80H. The lowest BCUT2D eigenvalue weighted by atomic mass is 9.62. The average molecular weight is 1020 g/mol. The van der Waals surface area contributed by atoms with E-state index in [0.29, 0.717) is 0 Å². The number of para-hydroxylation sites is 4. The van der Waals surface area contributed by atoms with Crippen LogP contribution in [0.2, 0.25) is 0 Å². The Morgan fingerprint density at radius 3 is 0.950 bits per heavy atom. The second kappa shape index (κ2) is 18.2. The van der Waals surface area contributed by atoms with E-state index in [1.807, 2.05) is 0 Å². The third-order valence-electron chi connectivity index (χ3n) is 17.6. The zero-order valence-electron chi connectivity index (χ0n) is 43.9. The van der Waals surface area contributed by atoms with Crippen molar-refractivity contribution in [2.24, 2.45) is 0 Å². The van der Waals surface area contributed by atoms with Gasteiger partial charge in [0.25, 0.3) is 0 Å². The zero-order valence-corrected chi connectivity index (χ0v) is 43.9. The smallest absolute Gasteiger partial charge is 0.0742 e. The van der Waals surface area contributed by atoms with Gasteiger partial charge in [-0.05, 0) is 134 Å². The molecule has 0 saturated heterocycles. The Balaban J connectivity index is 1.03. The lowest BCUT2D eigenvalue weighted by molar-refractivity contribution is 0.741. The molecule has 0 unspecified atom stereocenters. The van der Waals surface area contributed by atoms with E-state index in [1.165, 1.54) is 98.7 Å². The minimum absolute atomic E-state index is 0.611. The molecule has 2 heterocycles. The van der Waals surface area contributed by atoms with Gasteiger partial charge in [0.2, 0.25) is 0 Å². The van der Waals surface area contributed by atoms with Gasteiger partial charge in [-0.25, -0.2) is 0 Å². The molecule has 14 aromatic rings. The van der Waals surface area contributed by atoms with E-state index >= 15 is 0 Å². The van der Waals surface area contributed by atoms with Crippen molar-refractivity contribution in [3.8, 4) is 33.4 Å². The summed E-state index contributed by atoms with van der Waals surface area (Å²) in [5.74, 6) is 0. The molecule has 0 fully saturated rings. The van der Waals surface area contributed by atoms with E-state index in [-0.39, 0.29) is 0 Å². The van der Waals surface area contributed by atoms with Crippen LogP contribution in [-0.4, -0.2) is 0 Å². The van der Waals surface area contributed by atoms with E-state index < -0.39 is 10.8 Å². The molecule has 0 radical (unpaired) electrons. The molecule has 374 valence electrons. The summed E-state index contributed by atoms with van der Waals surface area (Å²) in [4.78, 5) is 0. The van der Waals surface area contributed by atoms with Gasteiger partial charge in [0.1, 0.15) is 0 Å². The van der Waals surface area contributed by atoms with Gasteiger partial charge >= 0.3 is 0 Å². The van der Waals surface area contributed by atoms with Crippen molar-refractivity contribution in [1.29, 1.82) is 0 Å². The first-order chi connectivity index (χ1) is 39.7. The topological polar surface area (TPSA) is 24.1 Å². The van der Waals surface area contributed by atoms with Gasteiger partial charge in [0.05, 0.1) is 22.2 Å². The molecule has 2 aliphatic heterocycles. The molecule has 0 aromatic heterocycles. The van der Waals surface area contributed by atoms with Gasteiger partial charge in [-0.3, -0.25) is 0 Å². The molecule has 0 atom stereocenters. The third-order valence-corrected chi connectivity index (χ3v) is 17.6. The minimum atomic E-state index is -0.611. The van der Waals surface area contributed by atoms with Crippen molar-refractivity contribution >= 4 is 65.8 Å². The molecular weight excluding hydrogens is 965 g/mol. The van der Waals surface area contributed by atoms with Crippen LogP contribution in [0.1, 0.15) is 44.5 Å². The van der Waals surface area contributed by atoms with Crippen molar-refractivity contribution in [1.82, 2.24) is 0 Å². The molecule has 0 spiro atoms. The second-order valence-corrected chi connectivity index (χ2v) is 21.5. The van der Waals surface area contributed by atoms with Crippen molar-refractivity contribution in [2.45, 2.75) is 10.8 Å². The number of hydrogen-bond acceptors (Lipinski definition) is 2. The van der Waals surface area contributed by atoms with Crippen LogP contribution in [0.4, 0.5) is 22.7 Å². The van der Waals surface area contributed by atoms with Crippen molar-refractivity contribution in [3.05, 3.63) is 348 Å². The van der Waals surface area contributed by atoms with Gasteiger partial charge in [-0.1, -0.05) is 279 Å². The monoisotopic (exact) mass is 1020 g/mol. The highest BCUT2D eigenvalue weighted by Gasteiger charge is 2.46. The quantitative estimate of drug-likeness (QED) is 0.156. The predicted molar refractivity (Wildman–Crippen MR) is 336 cm³/mol. The Labute approximate surface area is 465 Å². The van der Waals surface area contributed by atoms with Crippen molar-refractivity contribution in [3.63, 3.8) is 0 Å². The molecule has 0 amide bonds. The summed E-state index contributed by atoms with van der Waals surface area (Å²) < 4.78 is 0. The minimum Gasteiger partial charge on any atom is -0.354 e. The summed E-state index contributed by atoms with van der Waals surface area (Å²) in [7, 11) is 0. The molecule has 2 nitrogen and oxygen atoms in total. The van der Waals surface area contributed by atoms with E-state index in [1.54, 1.807) is 0 Å². The fourth-order valence-electron chi connectivity index (χ4n) is 14.4. The van der Waals surface area contributed by atoms with Crippen LogP contribution in [0.5, 0.6) is 0 Å². The number of benzene rings is 14. The van der Waals surface area contributed by atoms with Crippen LogP contribution in [0, 0.1) is 0 Å². The maximum Gasteiger partial charge on any atom is 0.0742 e. The lowest BCUT2D eigenvalue weighted by Crippen LogP contribution is -2.35. The Kier molecular flexibility index (Phi) is 10.4. The number of hydrogen-bond donors (Lipinski definition) is 2. The average Bonchev–Trinajstić information content (AvgIpc) is 3.07. The summed E-state index contributed by atoms with van der Waals surface area (Å²) in [5, 5.41) is 17.9. The summed E-state index contributed by atoms with van der Waals surface area (Å²) in [6, 6.07) is 113. The summed E-state index contributed by atoms with van der Waals surface area (Å²) >= 11 is 0. The van der Waals surface area contributed by atoms with Crippen molar-refractivity contribution < 1.29 is 0 Å². The first kappa shape index (κ1) is 45.9. The van der Waals surface area contributed by atoms with Gasteiger partial charge in [-0.2, -0.15) is 0 Å². The first-order valence-corrected chi connectivity index (χ1v) is 27.8. The number of nitrogens with one attached hydrogen (secondary N) is 2. The van der Waals surface area contributed by atoms with Crippen molar-refractivity contribution in [2.75, 3.05) is 10.6 Å². The molecule has 2 heteroatoms. The molecule has 0 saturated carbocycles. The van der Waals surface area contributed by atoms with Crippen LogP contribution < -0.4 is 10.6 Å². The molecular formula is C78H52N2. The van der Waals surface area contributed by atoms with Gasteiger partial charge in [0, 0.05) is 22.5 Å². The number of anilines is 4. The van der Waals surface area contributed by atoms with E-state index in [2.05, 4.69) is 314 Å². The molecule has 2 aliphatic rings. The molecule has 0 aliphatic carbocycles. The lowest BCUT2D eigenvalue weighted by Gasteiger charge is -2.43. The van der Waals surface area contributed by atoms with Gasteiger partial charge in [0.15, 0.2) is 0 Å². The number of rotatable bonds is 7. The highest BCUT2D eigenvalue weighted by atomic mass is 14.9. The maximum atomic E-state index is 4.10. The summed E-state index contributed by atoms with van der Waals surface area (Å²) in [5.41, 5.74) is 20.1. The Morgan fingerprint density at radius 2 is 0.525 bits per heavy atom. The fraction of sp³-hybridized carbons (Fsp3) is 0.0256. The zero-order chi connectivity index (χ0) is 52.8. The van der Waals surface area contributed by atoms with Crippen LogP contribution in [0.15, 0.2) is 303 Å². The normalized spacial score (nSPS) is 13.7. The Hall–Kier alpha value is -10.3. The van der Waals surface area contributed by atoms with E-state index in [9.17, 15) is 0 Å². The van der Waals surface area contributed by atoms with Crippen LogP contribution in [0.3, 0.4) is 0 Å². The summed E-state index contributed by atoms with van der Waals surface area (Å²) in [6.07, 6.45) is 0. The Morgan fingerprint density at radius 1 is 0.212 bits per heavy atom. The Bertz CT molecular complexity index is 4380. The fourth-order valence-corrected chi connectivity index (χ4v) is 14.4. The van der Waals surface area contributed by atoms with Gasteiger partial charge < -0.3 is 10.6 Å². The van der Waals surface area contributed by atoms with Crippen LogP contribution in [-0.2, 0) is 10.8 Å². The maximum absolute atomic E-state index is 4.10. The molecule has 14 aromatic carbocycles.